The molecule has 5 heteroatoms. The van der Waals surface area contributed by atoms with E-state index in [2.05, 4.69) is 42.6 Å². The van der Waals surface area contributed by atoms with Crippen LogP contribution in [0.4, 0.5) is 0 Å². The molecule has 0 aromatic heterocycles. The summed E-state index contributed by atoms with van der Waals surface area (Å²) in [6.45, 7) is 7.31. The highest BCUT2D eigenvalue weighted by atomic mass is 16.5. The molecule has 1 N–H and O–H groups in total. The van der Waals surface area contributed by atoms with Crippen LogP contribution in [0, 0.1) is 0 Å². The minimum Gasteiger partial charge on any atom is -0.490 e. The summed E-state index contributed by atoms with van der Waals surface area (Å²) in [4.78, 5) is 14.4. The van der Waals surface area contributed by atoms with E-state index >= 15 is 0 Å². The molecule has 1 atom stereocenters. The summed E-state index contributed by atoms with van der Waals surface area (Å²) in [5.41, 5.74) is 3.97. The van der Waals surface area contributed by atoms with Gasteiger partial charge in [-0.2, -0.15) is 0 Å². The van der Waals surface area contributed by atoms with Gasteiger partial charge in [0, 0.05) is 25.2 Å². The van der Waals surface area contributed by atoms with E-state index in [4.69, 9.17) is 9.47 Å². The van der Waals surface area contributed by atoms with Crippen LogP contribution in [0.2, 0.25) is 0 Å². The number of likely N-dealkylation sites (tertiary alicyclic amines) is 1. The van der Waals surface area contributed by atoms with Gasteiger partial charge in [0.1, 0.15) is 0 Å². The molecule has 0 saturated carbocycles. The second-order valence-corrected chi connectivity index (χ2v) is 9.14. The average molecular weight is 437 g/mol. The van der Waals surface area contributed by atoms with Gasteiger partial charge in [0.25, 0.3) is 5.91 Å². The van der Waals surface area contributed by atoms with Crippen molar-refractivity contribution in [3.05, 3.63) is 59.2 Å². The van der Waals surface area contributed by atoms with E-state index in [9.17, 15) is 4.79 Å². The third-order valence-corrected chi connectivity index (χ3v) is 6.79. The molecule has 1 amide bonds. The van der Waals surface area contributed by atoms with E-state index < -0.39 is 0 Å². The van der Waals surface area contributed by atoms with Crippen LogP contribution in [-0.2, 0) is 23.3 Å². The van der Waals surface area contributed by atoms with Crippen molar-refractivity contribution in [2.24, 2.45) is 0 Å². The number of nitrogens with one attached hydrogen (secondary N) is 1. The molecule has 32 heavy (non-hydrogen) atoms. The van der Waals surface area contributed by atoms with Gasteiger partial charge in [0.15, 0.2) is 18.1 Å². The lowest BCUT2D eigenvalue weighted by Crippen LogP contribution is -2.41. The second kappa shape index (κ2) is 10.4. The first-order chi connectivity index (χ1) is 15.6. The zero-order valence-electron chi connectivity index (χ0n) is 19.5. The highest BCUT2D eigenvalue weighted by Gasteiger charge is 2.31. The molecular weight excluding hydrogens is 400 g/mol. The summed E-state index contributed by atoms with van der Waals surface area (Å²) in [6, 6.07) is 14.8. The van der Waals surface area contributed by atoms with Gasteiger partial charge in [0.2, 0.25) is 0 Å². The van der Waals surface area contributed by atoms with Crippen LogP contribution in [-0.4, -0.2) is 37.1 Å². The molecule has 0 spiro atoms. The molecule has 2 aromatic rings. The topological polar surface area (TPSA) is 50.8 Å². The highest BCUT2D eigenvalue weighted by Crippen LogP contribution is 2.35. The largest absolute Gasteiger partial charge is 0.490 e. The monoisotopic (exact) mass is 436 g/mol. The lowest BCUT2D eigenvalue weighted by atomic mass is 9.77. The Hall–Kier alpha value is -2.53. The molecule has 2 aromatic carbocycles. The molecule has 1 aliphatic carbocycles. The van der Waals surface area contributed by atoms with Crippen molar-refractivity contribution in [3.63, 3.8) is 0 Å². The lowest BCUT2D eigenvalue weighted by molar-refractivity contribution is -0.134. The van der Waals surface area contributed by atoms with Crippen LogP contribution in [0.25, 0.3) is 0 Å². The predicted octanol–water partition coefficient (Wildman–Crippen LogP) is 4.82. The third kappa shape index (κ3) is 5.26. The number of carbonyl (C=O) groups excluding carboxylic acids is 1. The molecule has 1 saturated heterocycles. The van der Waals surface area contributed by atoms with Crippen molar-refractivity contribution in [2.45, 2.75) is 64.5 Å². The molecule has 0 unspecified atom stereocenters. The van der Waals surface area contributed by atoms with Gasteiger partial charge in [-0.05, 0) is 81.2 Å². The van der Waals surface area contributed by atoms with Gasteiger partial charge >= 0.3 is 0 Å². The second-order valence-electron chi connectivity index (χ2n) is 9.14. The highest BCUT2D eigenvalue weighted by molar-refractivity contribution is 5.78. The summed E-state index contributed by atoms with van der Waals surface area (Å²) < 4.78 is 11.7. The van der Waals surface area contributed by atoms with Crippen LogP contribution in [0.5, 0.6) is 11.5 Å². The van der Waals surface area contributed by atoms with Gasteiger partial charge in [-0.25, -0.2) is 0 Å². The van der Waals surface area contributed by atoms with E-state index in [1.807, 2.05) is 24.0 Å². The van der Waals surface area contributed by atoms with Crippen LogP contribution in [0.1, 0.15) is 62.6 Å². The fraction of sp³-hybridized carbons (Fsp3) is 0.519. The first-order valence-electron chi connectivity index (χ1n) is 12.1. The predicted molar refractivity (Wildman–Crippen MR) is 127 cm³/mol. The molecular formula is C27H36N2O3. The SMILES string of the molecule is CCOc1cc(CN[C@@]2(C)CCCc3ccccc32)ccc1OCC(=O)N1CCCCC1. The van der Waals surface area contributed by atoms with Crippen molar-refractivity contribution in [1.29, 1.82) is 0 Å². The van der Waals surface area contributed by atoms with E-state index in [-0.39, 0.29) is 18.1 Å². The minimum absolute atomic E-state index is 0.0311. The standard InChI is InChI=1S/C27H36N2O3/c1-3-31-25-18-21(13-14-24(25)32-20-26(30)29-16-7-4-8-17-29)19-28-27(2)15-9-11-22-10-5-6-12-23(22)27/h5-6,10,12-14,18,28H,3-4,7-9,11,15-17,19-20H2,1-2H3/t27-/m0/s1. The van der Waals surface area contributed by atoms with Crippen molar-refractivity contribution >= 4 is 5.91 Å². The van der Waals surface area contributed by atoms with Crippen LogP contribution in [0.3, 0.4) is 0 Å². The maximum atomic E-state index is 12.5. The molecule has 1 heterocycles. The third-order valence-electron chi connectivity index (χ3n) is 6.79. The molecule has 0 radical (unpaired) electrons. The number of benzene rings is 2. The number of piperidine rings is 1. The Kier molecular flexibility index (Phi) is 7.36. The normalized spacial score (nSPS) is 20.5. The van der Waals surface area contributed by atoms with E-state index in [0.29, 0.717) is 18.1 Å². The van der Waals surface area contributed by atoms with Crippen molar-refractivity contribution in [1.82, 2.24) is 10.2 Å². The van der Waals surface area contributed by atoms with Gasteiger partial charge in [-0.15, -0.1) is 0 Å². The number of hydrogen-bond donors (Lipinski definition) is 1. The minimum atomic E-state index is -0.0311. The summed E-state index contributed by atoms with van der Waals surface area (Å²) in [5, 5.41) is 3.80. The number of rotatable bonds is 8. The zero-order chi connectivity index (χ0) is 22.4. The summed E-state index contributed by atoms with van der Waals surface area (Å²) >= 11 is 0. The number of aryl methyl sites for hydroxylation is 1. The van der Waals surface area contributed by atoms with Crippen molar-refractivity contribution < 1.29 is 14.3 Å². The fourth-order valence-corrected chi connectivity index (χ4v) is 4.95. The molecule has 1 aliphatic heterocycles. The Morgan fingerprint density at radius 3 is 2.66 bits per heavy atom. The quantitative estimate of drug-likeness (QED) is 0.645. The number of ether oxygens (including phenoxy) is 2. The number of carbonyl (C=O) groups is 1. The van der Waals surface area contributed by atoms with E-state index in [0.717, 1.165) is 50.9 Å². The first kappa shape index (κ1) is 22.7. The summed E-state index contributed by atoms with van der Waals surface area (Å²) in [7, 11) is 0. The van der Waals surface area contributed by atoms with Gasteiger partial charge in [-0.3, -0.25) is 4.79 Å². The average Bonchev–Trinajstić information content (AvgIpc) is 2.83. The lowest BCUT2D eigenvalue weighted by Gasteiger charge is -2.37. The van der Waals surface area contributed by atoms with Crippen LogP contribution >= 0.6 is 0 Å². The molecule has 0 bridgehead atoms. The molecule has 4 rings (SSSR count). The smallest absolute Gasteiger partial charge is 0.260 e. The van der Waals surface area contributed by atoms with Crippen LogP contribution < -0.4 is 14.8 Å². The maximum absolute atomic E-state index is 12.5. The molecule has 5 nitrogen and oxygen atoms in total. The molecule has 172 valence electrons. The Labute approximate surface area is 192 Å². The van der Waals surface area contributed by atoms with E-state index in [1.165, 1.54) is 24.0 Å². The summed E-state index contributed by atoms with van der Waals surface area (Å²) in [5.74, 6) is 1.39. The van der Waals surface area contributed by atoms with E-state index in [1.54, 1.807) is 0 Å². The Balaban J connectivity index is 1.41. The van der Waals surface area contributed by atoms with Gasteiger partial charge < -0.3 is 19.7 Å². The Morgan fingerprint density at radius 1 is 1.03 bits per heavy atom. The first-order valence-corrected chi connectivity index (χ1v) is 12.1. The molecule has 2 aliphatic rings. The van der Waals surface area contributed by atoms with Crippen molar-refractivity contribution in [2.75, 3.05) is 26.3 Å². The number of nitrogens with zero attached hydrogens (tertiary/aromatic N) is 1. The molecule has 1 fully saturated rings. The number of fused-ring (bicyclic) bond motifs is 1. The van der Waals surface area contributed by atoms with Crippen LogP contribution in [0.15, 0.2) is 42.5 Å². The number of hydrogen-bond acceptors (Lipinski definition) is 4. The Morgan fingerprint density at radius 2 is 1.84 bits per heavy atom. The van der Waals surface area contributed by atoms with Gasteiger partial charge in [-0.1, -0.05) is 30.3 Å². The fourth-order valence-electron chi connectivity index (χ4n) is 4.95. The maximum Gasteiger partial charge on any atom is 0.260 e. The number of amides is 1. The van der Waals surface area contributed by atoms with Crippen molar-refractivity contribution in [3.8, 4) is 11.5 Å². The Bertz CT molecular complexity index is 923. The zero-order valence-corrected chi connectivity index (χ0v) is 19.5. The summed E-state index contributed by atoms with van der Waals surface area (Å²) in [6.07, 6.45) is 6.86. The van der Waals surface area contributed by atoms with Gasteiger partial charge in [0.05, 0.1) is 6.61 Å².